The van der Waals surface area contributed by atoms with Gasteiger partial charge in [0.2, 0.25) is 0 Å². The van der Waals surface area contributed by atoms with Crippen LogP contribution in [0.15, 0.2) is 36.4 Å². The largest absolute Gasteiger partial charge is 0.493 e. The highest BCUT2D eigenvalue weighted by atomic mass is 35.5. The van der Waals surface area contributed by atoms with E-state index >= 15 is 0 Å². The fourth-order valence-corrected chi connectivity index (χ4v) is 3.35. The molecule has 25 heavy (non-hydrogen) atoms. The molecular formula is C20H23ClFNO2. The Morgan fingerprint density at radius 1 is 1.12 bits per heavy atom. The summed E-state index contributed by atoms with van der Waals surface area (Å²) < 4.78 is 24.4. The van der Waals surface area contributed by atoms with Gasteiger partial charge in [-0.3, -0.25) is 0 Å². The van der Waals surface area contributed by atoms with Crippen molar-refractivity contribution >= 4 is 11.6 Å². The van der Waals surface area contributed by atoms with Gasteiger partial charge in [-0.05, 0) is 42.7 Å². The van der Waals surface area contributed by atoms with Gasteiger partial charge in [-0.1, -0.05) is 36.6 Å². The van der Waals surface area contributed by atoms with E-state index in [1.807, 2.05) is 18.2 Å². The zero-order valence-corrected chi connectivity index (χ0v) is 15.1. The Kier molecular flexibility index (Phi) is 6.16. The molecule has 0 heterocycles. The molecule has 0 unspecified atom stereocenters. The minimum absolute atomic E-state index is 0.259. The van der Waals surface area contributed by atoms with Crippen LogP contribution in [-0.4, -0.2) is 13.2 Å². The average molecular weight is 364 g/mol. The molecule has 2 aromatic carbocycles. The van der Waals surface area contributed by atoms with Crippen molar-refractivity contribution in [1.29, 1.82) is 0 Å². The van der Waals surface area contributed by atoms with E-state index < -0.39 is 0 Å². The third kappa shape index (κ3) is 4.86. The third-order valence-electron chi connectivity index (χ3n) is 4.58. The molecule has 1 N–H and O–H groups in total. The first-order valence-electron chi connectivity index (χ1n) is 8.63. The SMILES string of the molecule is COc1cc(CNC2CCCC2)ccc1OCc1ccc(F)cc1Cl. The van der Waals surface area contributed by atoms with Gasteiger partial charge in [-0.15, -0.1) is 0 Å². The zero-order valence-electron chi connectivity index (χ0n) is 14.4. The maximum atomic E-state index is 13.1. The quantitative estimate of drug-likeness (QED) is 0.742. The first-order chi connectivity index (χ1) is 12.2. The summed E-state index contributed by atoms with van der Waals surface area (Å²) >= 11 is 6.04. The van der Waals surface area contributed by atoms with Gasteiger partial charge in [-0.25, -0.2) is 4.39 Å². The zero-order chi connectivity index (χ0) is 17.6. The van der Waals surface area contributed by atoms with E-state index in [2.05, 4.69) is 5.32 Å². The molecule has 1 aliphatic carbocycles. The molecule has 0 aromatic heterocycles. The minimum atomic E-state index is -0.356. The molecule has 0 aliphatic heterocycles. The standard InChI is InChI=1S/C20H23ClFNO2/c1-24-20-10-14(12-23-17-4-2-3-5-17)6-9-19(20)25-13-15-7-8-16(22)11-18(15)21/h6-11,17,23H,2-5,12-13H2,1H3. The molecule has 1 saturated carbocycles. The lowest BCUT2D eigenvalue weighted by Gasteiger charge is -2.15. The van der Waals surface area contributed by atoms with Gasteiger partial charge < -0.3 is 14.8 Å². The summed E-state index contributed by atoms with van der Waals surface area (Å²) in [5.74, 6) is 0.974. The molecule has 1 aliphatic rings. The molecule has 2 aromatic rings. The fraction of sp³-hybridized carbons (Fsp3) is 0.400. The van der Waals surface area contributed by atoms with Crippen LogP contribution < -0.4 is 14.8 Å². The average Bonchev–Trinajstić information content (AvgIpc) is 3.13. The summed E-state index contributed by atoms with van der Waals surface area (Å²) in [5, 5.41) is 3.95. The Labute approximate surface area is 153 Å². The van der Waals surface area contributed by atoms with Crippen molar-refractivity contribution in [2.24, 2.45) is 0 Å². The van der Waals surface area contributed by atoms with Gasteiger partial charge in [-0.2, -0.15) is 0 Å². The van der Waals surface area contributed by atoms with Crippen LogP contribution in [0.1, 0.15) is 36.8 Å². The van der Waals surface area contributed by atoms with Crippen molar-refractivity contribution < 1.29 is 13.9 Å². The Balaban J connectivity index is 1.62. The molecule has 1 fully saturated rings. The highest BCUT2D eigenvalue weighted by Crippen LogP contribution is 2.30. The second-order valence-electron chi connectivity index (χ2n) is 6.37. The lowest BCUT2D eigenvalue weighted by atomic mass is 10.1. The molecule has 3 nitrogen and oxygen atoms in total. The number of ether oxygens (including phenoxy) is 2. The predicted molar refractivity (Wildman–Crippen MR) is 97.8 cm³/mol. The topological polar surface area (TPSA) is 30.5 Å². The van der Waals surface area contributed by atoms with Gasteiger partial charge >= 0.3 is 0 Å². The monoisotopic (exact) mass is 363 g/mol. The van der Waals surface area contributed by atoms with Gasteiger partial charge in [0.05, 0.1) is 12.1 Å². The maximum absolute atomic E-state index is 13.1. The van der Waals surface area contributed by atoms with Crippen molar-refractivity contribution in [2.75, 3.05) is 7.11 Å². The van der Waals surface area contributed by atoms with E-state index in [0.717, 1.165) is 17.7 Å². The van der Waals surface area contributed by atoms with Crippen LogP contribution in [-0.2, 0) is 13.2 Å². The molecular weight excluding hydrogens is 341 g/mol. The molecule has 0 saturated heterocycles. The Morgan fingerprint density at radius 3 is 2.64 bits per heavy atom. The predicted octanol–water partition coefficient (Wildman–Crippen LogP) is 5.10. The number of nitrogens with one attached hydrogen (secondary N) is 1. The van der Waals surface area contributed by atoms with Crippen molar-refractivity contribution in [3.63, 3.8) is 0 Å². The van der Waals surface area contributed by atoms with E-state index in [1.165, 1.54) is 37.8 Å². The number of rotatable bonds is 7. The first kappa shape index (κ1) is 18.0. The van der Waals surface area contributed by atoms with Crippen LogP contribution in [0.25, 0.3) is 0 Å². The van der Waals surface area contributed by atoms with Crippen molar-refractivity contribution in [1.82, 2.24) is 5.32 Å². The number of hydrogen-bond acceptors (Lipinski definition) is 3. The molecule has 0 atom stereocenters. The number of methoxy groups -OCH3 is 1. The second-order valence-corrected chi connectivity index (χ2v) is 6.78. The highest BCUT2D eigenvalue weighted by Gasteiger charge is 2.14. The van der Waals surface area contributed by atoms with Gasteiger partial charge in [0.15, 0.2) is 11.5 Å². The van der Waals surface area contributed by atoms with E-state index in [4.69, 9.17) is 21.1 Å². The molecule has 134 valence electrons. The second kappa shape index (κ2) is 8.54. The van der Waals surface area contributed by atoms with Crippen molar-refractivity contribution in [2.45, 2.75) is 44.9 Å². The Hall–Kier alpha value is -1.78. The lowest BCUT2D eigenvalue weighted by Crippen LogP contribution is -2.25. The van der Waals surface area contributed by atoms with Crippen molar-refractivity contribution in [3.8, 4) is 11.5 Å². The summed E-state index contributed by atoms with van der Waals surface area (Å²) in [6.45, 7) is 1.08. The molecule has 0 amide bonds. The van der Waals surface area contributed by atoms with Crippen molar-refractivity contribution in [3.05, 3.63) is 58.4 Å². The summed E-state index contributed by atoms with van der Waals surface area (Å²) in [4.78, 5) is 0. The summed E-state index contributed by atoms with van der Waals surface area (Å²) in [6.07, 6.45) is 5.16. The molecule has 0 spiro atoms. The highest BCUT2D eigenvalue weighted by molar-refractivity contribution is 6.31. The maximum Gasteiger partial charge on any atom is 0.161 e. The van der Waals surface area contributed by atoms with Crippen LogP contribution >= 0.6 is 11.6 Å². The van der Waals surface area contributed by atoms with Crippen LogP contribution in [0.2, 0.25) is 5.02 Å². The molecule has 5 heteroatoms. The Morgan fingerprint density at radius 2 is 1.92 bits per heavy atom. The van der Waals surface area contributed by atoms with Gasteiger partial charge in [0.1, 0.15) is 12.4 Å². The Bertz CT molecular complexity index is 717. The fourth-order valence-electron chi connectivity index (χ4n) is 3.13. The lowest BCUT2D eigenvalue weighted by molar-refractivity contribution is 0.284. The summed E-state index contributed by atoms with van der Waals surface area (Å²) in [6, 6.07) is 10.8. The normalized spacial score (nSPS) is 14.7. The minimum Gasteiger partial charge on any atom is -0.493 e. The van der Waals surface area contributed by atoms with Crippen LogP contribution in [0, 0.1) is 5.82 Å². The first-order valence-corrected chi connectivity index (χ1v) is 9.00. The van der Waals surface area contributed by atoms with Crippen LogP contribution in [0.5, 0.6) is 11.5 Å². The number of hydrogen-bond donors (Lipinski definition) is 1. The van der Waals surface area contributed by atoms with Crippen LogP contribution in [0.3, 0.4) is 0 Å². The van der Waals surface area contributed by atoms with E-state index in [0.29, 0.717) is 22.6 Å². The number of benzene rings is 2. The third-order valence-corrected chi connectivity index (χ3v) is 4.93. The molecule has 0 radical (unpaired) electrons. The smallest absolute Gasteiger partial charge is 0.161 e. The molecule has 3 rings (SSSR count). The van der Waals surface area contributed by atoms with E-state index in [1.54, 1.807) is 13.2 Å². The van der Waals surface area contributed by atoms with Crippen LogP contribution in [0.4, 0.5) is 4.39 Å². The van der Waals surface area contributed by atoms with Gasteiger partial charge in [0.25, 0.3) is 0 Å². The number of halogens is 2. The van der Waals surface area contributed by atoms with E-state index in [9.17, 15) is 4.39 Å². The molecule has 0 bridgehead atoms. The summed E-state index contributed by atoms with van der Waals surface area (Å²) in [5.41, 5.74) is 1.90. The summed E-state index contributed by atoms with van der Waals surface area (Å²) in [7, 11) is 1.63. The van der Waals surface area contributed by atoms with Gasteiger partial charge in [0, 0.05) is 18.2 Å². The van der Waals surface area contributed by atoms with E-state index in [-0.39, 0.29) is 12.4 Å².